The molecule has 1 aromatic rings. The van der Waals surface area contributed by atoms with Crippen LogP contribution in [0.15, 0.2) is 24.3 Å². The fourth-order valence-electron chi connectivity index (χ4n) is 1.24. The van der Waals surface area contributed by atoms with Gasteiger partial charge in [0.25, 0.3) is 0 Å². The van der Waals surface area contributed by atoms with Crippen molar-refractivity contribution in [2.75, 3.05) is 7.11 Å². The average molecular weight is 220 g/mol. The Kier molecular flexibility index (Phi) is 3.99. The van der Waals surface area contributed by atoms with Gasteiger partial charge in [-0.05, 0) is 29.5 Å². The summed E-state index contributed by atoms with van der Waals surface area (Å²) in [5, 5.41) is 9.46. The number of phenols is 1. The minimum Gasteiger partial charge on any atom is -0.504 e. The Morgan fingerprint density at radius 1 is 1.38 bits per heavy atom. The first-order valence-electron chi connectivity index (χ1n) is 5.55. The quantitative estimate of drug-likeness (QED) is 0.835. The Morgan fingerprint density at radius 2 is 2.06 bits per heavy atom. The van der Waals surface area contributed by atoms with Gasteiger partial charge >= 0.3 is 0 Å². The zero-order valence-electron chi connectivity index (χ0n) is 10.4. The van der Waals surface area contributed by atoms with E-state index in [9.17, 15) is 5.11 Å². The van der Waals surface area contributed by atoms with Crippen LogP contribution in [0.4, 0.5) is 0 Å². The van der Waals surface area contributed by atoms with Gasteiger partial charge in [0.05, 0.1) is 7.11 Å². The Bertz CT molecular complexity index is 378. The van der Waals surface area contributed by atoms with Crippen LogP contribution in [0.25, 0.3) is 6.08 Å². The topological polar surface area (TPSA) is 29.5 Å². The van der Waals surface area contributed by atoms with Gasteiger partial charge in [0, 0.05) is 0 Å². The average Bonchev–Trinajstić information content (AvgIpc) is 2.28. The zero-order valence-corrected chi connectivity index (χ0v) is 10.4. The van der Waals surface area contributed by atoms with Crippen LogP contribution in [0.2, 0.25) is 0 Å². The number of benzene rings is 1. The van der Waals surface area contributed by atoms with Crippen LogP contribution in [0.5, 0.6) is 11.5 Å². The Labute approximate surface area is 97.6 Å². The highest BCUT2D eigenvalue weighted by molar-refractivity contribution is 5.55. The maximum absolute atomic E-state index is 9.46. The molecule has 0 aromatic heterocycles. The molecule has 0 radical (unpaired) electrons. The molecule has 0 aliphatic carbocycles. The highest BCUT2D eigenvalue weighted by Crippen LogP contribution is 2.28. The Balaban J connectivity index is 2.90. The maximum Gasteiger partial charge on any atom is 0.161 e. The van der Waals surface area contributed by atoms with Crippen LogP contribution in [-0.2, 0) is 0 Å². The summed E-state index contributed by atoms with van der Waals surface area (Å²) in [6.07, 6.45) is 5.34. The largest absolute Gasteiger partial charge is 0.504 e. The molecule has 1 rings (SSSR count). The van der Waals surface area contributed by atoms with E-state index in [0.717, 1.165) is 12.0 Å². The van der Waals surface area contributed by atoms with Crippen molar-refractivity contribution in [1.82, 2.24) is 0 Å². The first kappa shape index (κ1) is 12.6. The number of allylic oxidation sites excluding steroid dienone is 1. The van der Waals surface area contributed by atoms with Crippen LogP contribution in [0.3, 0.4) is 0 Å². The molecule has 1 N–H and O–H groups in total. The molecule has 0 saturated heterocycles. The summed E-state index contributed by atoms with van der Waals surface area (Å²) in [7, 11) is 1.55. The van der Waals surface area contributed by atoms with Gasteiger partial charge in [-0.15, -0.1) is 0 Å². The SMILES string of the molecule is CCC(C)(C)/C=C/c1ccc(O)c(OC)c1. The summed E-state index contributed by atoms with van der Waals surface area (Å²) in [6.45, 7) is 6.56. The number of rotatable bonds is 4. The third-order valence-electron chi connectivity index (χ3n) is 2.84. The molecule has 1 aromatic carbocycles. The van der Waals surface area contributed by atoms with Crippen LogP contribution in [-0.4, -0.2) is 12.2 Å². The van der Waals surface area contributed by atoms with Crippen molar-refractivity contribution in [3.05, 3.63) is 29.8 Å². The molecule has 0 bridgehead atoms. The second-order valence-electron chi connectivity index (χ2n) is 4.61. The van der Waals surface area contributed by atoms with Crippen molar-refractivity contribution in [3.63, 3.8) is 0 Å². The van der Waals surface area contributed by atoms with Crippen molar-refractivity contribution in [2.45, 2.75) is 27.2 Å². The highest BCUT2D eigenvalue weighted by Gasteiger charge is 2.09. The monoisotopic (exact) mass is 220 g/mol. The highest BCUT2D eigenvalue weighted by atomic mass is 16.5. The summed E-state index contributed by atoms with van der Waals surface area (Å²) in [4.78, 5) is 0. The fraction of sp³-hybridized carbons (Fsp3) is 0.429. The first-order chi connectivity index (χ1) is 7.48. The van der Waals surface area contributed by atoms with Gasteiger partial charge in [0.1, 0.15) is 0 Å². The molecule has 0 saturated carbocycles. The summed E-state index contributed by atoms with van der Waals surface area (Å²) in [6, 6.07) is 5.36. The van der Waals surface area contributed by atoms with E-state index in [2.05, 4.69) is 32.9 Å². The Morgan fingerprint density at radius 3 is 2.62 bits per heavy atom. The molecular weight excluding hydrogens is 200 g/mol. The van der Waals surface area contributed by atoms with E-state index in [1.807, 2.05) is 12.1 Å². The molecule has 2 heteroatoms. The number of phenolic OH excluding ortho intramolecular Hbond substituents is 1. The number of hydrogen-bond donors (Lipinski definition) is 1. The van der Waals surface area contributed by atoms with Crippen LogP contribution >= 0.6 is 0 Å². The molecule has 0 unspecified atom stereocenters. The lowest BCUT2D eigenvalue weighted by molar-refractivity contribution is 0.373. The van der Waals surface area contributed by atoms with E-state index >= 15 is 0 Å². The van der Waals surface area contributed by atoms with E-state index in [0.29, 0.717) is 5.75 Å². The molecule has 16 heavy (non-hydrogen) atoms. The lowest BCUT2D eigenvalue weighted by Gasteiger charge is -2.16. The van der Waals surface area contributed by atoms with E-state index in [1.54, 1.807) is 13.2 Å². The first-order valence-corrected chi connectivity index (χ1v) is 5.55. The van der Waals surface area contributed by atoms with Gasteiger partial charge in [-0.2, -0.15) is 0 Å². The molecular formula is C14H20O2. The third kappa shape index (κ3) is 3.30. The number of methoxy groups -OCH3 is 1. The number of ether oxygens (including phenoxy) is 1. The minimum atomic E-state index is 0.175. The fourth-order valence-corrected chi connectivity index (χ4v) is 1.24. The van der Waals surface area contributed by atoms with Crippen LogP contribution in [0, 0.1) is 5.41 Å². The number of hydrogen-bond acceptors (Lipinski definition) is 2. The lowest BCUT2D eigenvalue weighted by Crippen LogP contribution is -2.03. The Hall–Kier alpha value is -1.44. The molecule has 0 spiro atoms. The summed E-state index contributed by atoms with van der Waals surface area (Å²) >= 11 is 0. The molecule has 0 aliphatic rings. The van der Waals surface area contributed by atoms with Gasteiger partial charge in [-0.3, -0.25) is 0 Å². The van der Waals surface area contributed by atoms with Crippen molar-refractivity contribution in [3.8, 4) is 11.5 Å². The lowest BCUT2D eigenvalue weighted by atomic mass is 9.89. The molecule has 0 heterocycles. The smallest absolute Gasteiger partial charge is 0.161 e. The zero-order chi connectivity index (χ0) is 12.2. The molecule has 2 nitrogen and oxygen atoms in total. The molecule has 0 aliphatic heterocycles. The maximum atomic E-state index is 9.46. The van der Waals surface area contributed by atoms with E-state index < -0.39 is 0 Å². The third-order valence-corrected chi connectivity index (χ3v) is 2.84. The van der Waals surface area contributed by atoms with Gasteiger partial charge in [-0.1, -0.05) is 39.0 Å². The molecule has 88 valence electrons. The molecule has 0 atom stereocenters. The van der Waals surface area contributed by atoms with Crippen molar-refractivity contribution in [2.24, 2.45) is 5.41 Å². The second kappa shape index (κ2) is 5.06. The molecule has 0 amide bonds. The van der Waals surface area contributed by atoms with Gasteiger partial charge in [0.2, 0.25) is 0 Å². The predicted octanol–water partition coefficient (Wildman–Crippen LogP) is 3.85. The van der Waals surface area contributed by atoms with Gasteiger partial charge in [0.15, 0.2) is 11.5 Å². The normalized spacial score (nSPS) is 12.0. The van der Waals surface area contributed by atoms with Crippen molar-refractivity contribution < 1.29 is 9.84 Å². The van der Waals surface area contributed by atoms with E-state index in [4.69, 9.17) is 4.74 Å². The van der Waals surface area contributed by atoms with E-state index in [-0.39, 0.29) is 11.2 Å². The number of aromatic hydroxyl groups is 1. The van der Waals surface area contributed by atoms with E-state index in [1.165, 1.54) is 0 Å². The molecule has 0 fully saturated rings. The predicted molar refractivity (Wildman–Crippen MR) is 67.8 cm³/mol. The van der Waals surface area contributed by atoms with Gasteiger partial charge in [-0.25, -0.2) is 0 Å². The van der Waals surface area contributed by atoms with Crippen molar-refractivity contribution >= 4 is 6.08 Å². The summed E-state index contributed by atoms with van der Waals surface area (Å²) < 4.78 is 5.06. The summed E-state index contributed by atoms with van der Waals surface area (Å²) in [5.74, 6) is 0.686. The van der Waals surface area contributed by atoms with Crippen LogP contribution in [0.1, 0.15) is 32.8 Å². The van der Waals surface area contributed by atoms with Crippen LogP contribution < -0.4 is 4.74 Å². The minimum absolute atomic E-state index is 0.175. The van der Waals surface area contributed by atoms with Crippen molar-refractivity contribution in [1.29, 1.82) is 0 Å². The standard InChI is InChI=1S/C14H20O2/c1-5-14(2,3)9-8-11-6-7-12(15)13(10-11)16-4/h6-10,15H,5H2,1-4H3/b9-8+. The summed E-state index contributed by atoms with van der Waals surface area (Å²) in [5.41, 5.74) is 1.24. The second-order valence-corrected chi connectivity index (χ2v) is 4.61. The van der Waals surface area contributed by atoms with Gasteiger partial charge < -0.3 is 9.84 Å².